The van der Waals surface area contributed by atoms with Gasteiger partial charge in [0.05, 0.1) is 43.6 Å². The first-order chi connectivity index (χ1) is 41.4. The first-order valence-corrected chi connectivity index (χ1v) is 29.9. The normalized spacial score (nSPS) is 45.1. The lowest BCUT2D eigenvalue weighted by Crippen LogP contribution is -2.70. The maximum Gasteiger partial charge on any atom is 0.321 e. The third-order valence-electron chi connectivity index (χ3n) is 15.6. The Morgan fingerprint density at radius 1 is 0.511 bits per heavy atom. The van der Waals surface area contributed by atoms with Gasteiger partial charge >= 0.3 is 5.97 Å². The van der Waals surface area contributed by atoms with Crippen LogP contribution >= 0.6 is 23.5 Å². The van der Waals surface area contributed by atoms with Gasteiger partial charge in [0.15, 0.2) is 12.6 Å². The van der Waals surface area contributed by atoms with Crippen molar-refractivity contribution in [3.05, 3.63) is 0 Å². The number of thioether (sulfide) groups is 2. The Balaban J connectivity index is 0.000000399. The van der Waals surface area contributed by atoms with E-state index in [4.69, 9.17) is 55.8 Å². The van der Waals surface area contributed by atoms with Crippen LogP contribution in [0, 0.1) is 0 Å². The highest BCUT2D eigenvalue weighted by Crippen LogP contribution is 2.35. The molecule has 0 radical (unpaired) electrons. The molecule has 0 bridgehead atoms. The summed E-state index contributed by atoms with van der Waals surface area (Å²) in [6, 6.07) is -6.53. The molecule has 2 saturated carbocycles. The predicted molar refractivity (Wildman–Crippen MR) is 295 cm³/mol. The molecule has 4 saturated heterocycles. The summed E-state index contributed by atoms with van der Waals surface area (Å²) in [6.45, 7) is 2.35. The second-order valence-electron chi connectivity index (χ2n) is 22.3. The number of carboxylic acids is 1. The van der Waals surface area contributed by atoms with E-state index in [0.717, 1.165) is 18.7 Å². The fraction of sp³-hybridized carbons (Fsp3) is 0.938. The minimum atomic E-state index is -2.02. The molecular weight excluding hydrogens is 1270 g/mol. The number of ether oxygens (including phenoxy) is 6. The van der Waals surface area contributed by atoms with E-state index in [9.17, 15) is 132 Å². The summed E-state index contributed by atoms with van der Waals surface area (Å²) in [6.07, 6.45) is -48.4. The monoisotopic (exact) mass is 1360 g/mol. The number of nitrogens with one attached hydrogen (secondary N) is 2. The highest BCUT2D eigenvalue weighted by atomic mass is 32.2. The zero-order chi connectivity index (χ0) is 67.7. The van der Waals surface area contributed by atoms with E-state index in [0.29, 0.717) is 11.8 Å². The van der Waals surface area contributed by atoms with Crippen LogP contribution in [0.15, 0.2) is 0 Å². The fourth-order valence-corrected chi connectivity index (χ4v) is 12.2. The number of carboxylic acid groups (broad SMARTS) is 1. The summed E-state index contributed by atoms with van der Waals surface area (Å²) in [7, 11) is 0. The van der Waals surface area contributed by atoms with Gasteiger partial charge in [-0.25, -0.2) is 0 Å². The van der Waals surface area contributed by atoms with E-state index in [2.05, 4.69) is 10.6 Å². The van der Waals surface area contributed by atoms with Gasteiger partial charge < -0.3 is 189 Å². The topological polar surface area (TPSA) is 744 Å². The molecule has 0 spiro atoms. The molecule has 40 nitrogen and oxygen atoms in total. The number of aliphatic hydroxyl groups is 24. The van der Waals surface area contributed by atoms with Crippen molar-refractivity contribution in [3.63, 3.8) is 0 Å². The van der Waals surface area contributed by atoms with E-state index in [1.165, 1.54) is 13.8 Å². The molecule has 90 heavy (non-hydrogen) atoms. The van der Waals surface area contributed by atoms with Crippen LogP contribution in [0.4, 0.5) is 0 Å². The summed E-state index contributed by atoms with van der Waals surface area (Å²) in [4.78, 5) is 36.1. The minimum Gasteiger partial charge on any atom is -0.870 e. The van der Waals surface area contributed by atoms with Crippen LogP contribution < -0.4 is 27.8 Å². The van der Waals surface area contributed by atoms with Gasteiger partial charge in [0, 0.05) is 24.9 Å². The molecule has 42 heteroatoms. The third-order valence-corrected chi connectivity index (χ3v) is 18.1. The summed E-state index contributed by atoms with van der Waals surface area (Å²) in [5, 5.41) is 252. The number of amides is 2. The molecule has 0 aromatic rings. The van der Waals surface area contributed by atoms with Crippen molar-refractivity contribution in [1.82, 2.24) is 10.6 Å². The zero-order valence-corrected chi connectivity index (χ0v) is 49.9. The van der Waals surface area contributed by atoms with Crippen molar-refractivity contribution < 1.29 is 176 Å². The standard InChI is InChI=1S/C25H45N3O17S.C12H22O10.C11H22N2O7S.H2O/c1-5(30)9(26)21-17(38)16(37)20(41)25(45-21)46-4-7(27-6(2)31)23(42)28-10-12(33)11(32)8(3-29)43-24(10)44-22-18(39)14(35)13(34)15(36)19(22)40;13-2-4-6(15)3(14)1-5(21-4)22-12-10(19)8(17)7(16)9(18)11(12)20;1-3(14)5(13)9-7(16)6(15)8(17)11(20-9)21-2-4(12)10(18)19;/h5,7-22,24-25,29-30,32-41H,3-4,26H2,1-2H3,(H,27,31)(H,28,42);3-20H,1-2H2;3-9,11,14-17H,2,12-13H2,1H3,(H,18,19);1H2/p-1/t5-,7+,8?,9-,10?,11-,12-,13?,14?,15?,16+,17-,18-,19?,20?,21?,22?,24-,25-;3-,4?,5-,6+,7?,8?,9?,10-,11?,12?;3-,4+,5-,6+,7-,8?,9?,11-;/m111./s1. The SMILES string of the molecule is CC(=O)N[C@@H](CS[C@H]1OC([C@H](N)[C@@H](C)O)[C@H](O)[C@H](O)C1O)C(=O)NC1[C@@H](OC2C(O)C(O)C(O)C(O)[C@H]2O)OC(CO)[C@@H](O)[C@@H]1O.C[C@@H](O)[C@@H](N)C1O[C@H](SC[C@H](N)C(=O)O)C(O)[C@@H](O)[C@H]1O.OCC1O[C@H](OC2C(O)C(O)C(O)C(O)[C@H]2O)C[C@@H](O)[C@@H]1O.[OH-]. The quantitative estimate of drug-likeness (QED) is 0.0538. The highest BCUT2D eigenvalue weighted by molar-refractivity contribution is 8.00. The van der Waals surface area contributed by atoms with Gasteiger partial charge in [-0.2, -0.15) is 0 Å². The number of aliphatic hydroxyl groups excluding tert-OH is 24. The van der Waals surface area contributed by atoms with Crippen LogP contribution in [0.5, 0.6) is 0 Å². The molecule has 34 N–H and O–H groups in total. The van der Waals surface area contributed by atoms with E-state index in [-0.39, 0.29) is 23.4 Å². The van der Waals surface area contributed by atoms with E-state index in [1.54, 1.807) is 0 Å². The van der Waals surface area contributed by atoms with Gasteiger partial charge in [0.25, 0.3) is 0 Å². The van der Waals surface area contributed by atoms with Crippen molar-refractivity contribution in [2.24, 2.45) is 17.2 Å². The van der Waals surface area contributed by atoms with Crippen LogP contribution in [0.25, 0.3) is 0 Å². The molecule has 0 aromatic heterocycles. The Morgan fingerprint density at radius 3 is 1.28 bits per heavy atom. The van der Waals surface area contributed by atoms with Crippen LogP contribution in [-0.2, 0) is 42.8 Å². The van der Waals surface area contributed by atoms with E-state index >= 15 is 0 Å². The van der Waals surface area contributed by atoms with E-state index in [1.807, 2.05) is 0 Å². The first-order valence-electron chi connectivity index (χ1n) is 27.8. The average molecular weight is 1360 g/mol. The lowest BCUT2D eigenvalue weighted by Gasteiger charge is -2.47. The number of rotatable bonds is 20. The zero-order valence-electron chi connectivity index (χ0n) is 48.2. The van der Waals surface area contributed by atoms with Crippen molar-refractivity contribution in [1.29, 1.82) is 0 Å². The third kappa shape index (κ3) is 19.9. The smallest absolute Gasteiger partial charge is 0.321 e. The highest BCUT2D eigenvalue weighted by Gasteiger charge is 2.55. The Hall–Kier alpha value is -2.25. The lowest BCUT2D eigenvalue weighted by atomic mass is 9.84. The number of hydrogen-bond acceptors (Lipinski definition) is 39. The van der Waals surface area contributed by atoms with Gasteiger partial charge in [-0.3, -0.25) is 14.4 Å². The average Bonchev–Trinajstić information content (AvgIpc) is 0.871. The second-order valence-corrected chi connectivity index (χ2v) is 24.6. The molecular formula is C48H90N5O35S2-. The molecule has 530 valence electrons. The number of aliphatic carboxylic acids is 1. The maximum atomic E-state index is 13.4. The Bertz CT molecular complexity index is 2140. The summed E-state index contributed by atoms with van der Waals surface area (Å²) < 4.78 is 32.5. The second kappa shape index (κ2) is 36.2. The minimum absolute atomic E-state index is 0. The fourth-order valence-electron chi connectivity index (χ4n) is 9.91. The summed E-state index contributed by atoms with van der Waals surface area (Å²) >= 11 is 1.61. The van der Waals surface area contributed by atoms with Crippen molar-refractivity contribution in [2.45, 2.75) is 252 Å². The van der Waals surface area contributed by atoms with Crippen molar-refractivity contribution >= 4 is 41.3 Å². The predicted octanol–water partition coefficient (Wildman–Crippen LogP) is -17.6. The number of carbonyl (C=O) groups excluding carboxylic acids is 2. The van der Waals surface area contributed by atoms with Gasteiger partial charge in [-0.15, -0.1) is 23.5 Å². The molecule has 37 atom stereocenters. The van der Waals surface area contributed by atoms with Gasteiger partial charge in [-0.05, 0) is 13.8 Å². The molecule has 0 aromatic carbocycles. The van der Waals surface area contributed by atoms with Crippen LogP contribution in [0.1, 0.15) is 27.2 Å². The summed E-state index contributed by atoms with van der Waals surface area (Å²) in [5.74, 6) is -3.39. The molecule has 2 amide bonds. The van der Waals surface area contributed by atoms with Crippen LogP contribution in [0.3, 0.4) is 0 Å². The van der Waals surface area contributed by atoms with E-state index < -0.39 is 256 Å². The number of nitrogens with two attached hydrogens (primary N) is 3. The van der Waals surface area contributed by atoms with Crippen molar-refractivity contribution in [3.8, 4) is 0 Å². The Morgan fingerprint density at radius 2 is 0.889 bits per heavy atom. The Labute approximate surface area is 520 Å². The molecule has 17 unspecified atom stereocenters. The molecule has 6 rings (SSSR count). The summed E-state index contributed by atoms with van der Waals surface area (Å²) in [5.41, 5.74) is 14.6. The van der Waals surface area contributed by atoms with Gasteiger partial charge in [0.2, 0.25) is 11.8 Å². The van der Waals surface area contributed by atoms with Crippen LogP contribution in [0.2, 0.25) is 0 Å². The van der Waals surface area contributed by atoms with Gasteiger partial charge in [-0.1, -0.05) is 0 Å². The van der Waals surface area contributed by atoms with Crippen molar-refractivity contribution in [2.75, 3.05) is 24.7 Å². The number of carbonyl (C=O) groups is 3. The first kappa shape index (κ1) is 82.0. The maximum absolute atomic E-state index is 13.4. The molecule has 6 aliphatic rings. The van der Waals surface area contributed by atoms with Crippen LogP contribution in [-0.4, -0.2) is 400 Å². The lowest BCUT2D eigenvalue weighted by molar-refractivity contribution is -0.319. The Kier molecular flexibility index (Phi) is 33.0. The largest absolute Gasteiger partial charge is 0.870 e. The molecule has 4 heterocycles. The molecule has 2 aliphatic carbocycles. The molecule has 6 fully saturated rings. The molecule has 4 aliphatic heterocycles. The van der Waals surface area contributed by atoms with Gasteiger partial charge in [0.1, 0.15) is 182 Å². The number of hydrogen-bond donors (Lipinski definition) is 30.